The third-order valence-electron chi connectivity index (χ3n) is 3.20. The van der Waals surface area contributed by atoms with Crippen molar-refractivity contribution >= 4 is 5.69 Å². The Bertz CT molecular complexity index is 566. The predicted molar refractivity (Wildman–Crippen MR) is 84.0 cm³/mol. The monoisotopic (exact) mass is 289 g/mol. The molecule has 1 aromatic carbocycles. The number of hydrogen-bond donors (Lipinski definition) is 1. The highest BCUT2D eigenvalue weighted by Crippen LogP contribution is 2.30. The molecular formula is C16H23N3O2. The fraction of sp³-hybridized carbons (Fsp3) is 0.438. The van der Waals surface area contributed by atoms with Gasteiger partial charge < -0.3 is 19.4 Å². The molecule has 0 aliphatic rings. The van der Waals surface area contributed by atoms with Crippen LogP contribution in [-0.4, -0.2) is 23.3 Å². The summed E-state index contributed by atoms with van der Waals surface area (Å²) in [4.78, 5) is 4.21. The van der Waals surface area contributed by atoms with Crippen LogP contribution in [0.15, 0.2) is 30.7 Å². The van der Waals surface area contributed by atoms with E-state index in [9.17, 15) is 0 Å². The summed E-state index contributed by atoms with van der Waals surface area (Å²) in [5.41, 5.74) is 2.18. The first-order valence-corrected chi connectivity index (χ1v) is 7.32. The van der Waals surface area contributed by atoms with Crippen molar-refractivity contribution in [3.8, 4) is 11.5 Å². The standard InChI is InChI=1S/C16H23N3O2/c1-4-8-19-12-17-10-14(19)11-18-13-6-7-15(20-3)16(9-13)21-5-2/h6-7,9-10,12,18H,4-5,8,11H2,1-3H3. The highest BCUT2D eigenvalue weighted by atomic mass is 16.5. The highest BCUT2D eigenvalue weighted by molar-refractivity contribution is 5.54. The van der Waals surface area contributed by atoms with Crippen molar-refractivity contribution in [3.63, 3.8) is 0 Å². The van der Waals surface area contributed by atoms with Crippen LogP contribution in [0.4, 0.5) is 5.69 Å². The Labute approximate surface area is 125 Å². The Morgan fingerprint density at radius 3 is 2.81 bits per heavy atom. The van der Waals surface area contributed by atoms with Crippen LogP contribution >= 0.6 is 0 Å². The third kappa shape index (κ3) is 3.90. The molecule has 0 saturated carbocycles. The lowest BCUT2D eigenvalue weighted by molar-refractivity contribution is 0.311. The molecule has 0 atom stereocenters. The molecule has 0 spiro atoms. The van der Waals surface area contributed by atoms with Gasteiger partial charge in [0.2, 0.25) is 0 Å². The quantitative estimate of drug-likeness (QED) is 0.810. The van der Waals surface area contributed by atoms with E-state index in [-0.39, 0.29) is 0 Å². The Morgan fingerprint density at radius 2 is 2.10 bits per heavy atom. The topological polar surface area (TPSA) is 48.3 Å². The molecule has 0 radical (unpaired) electrons. The second-order valence-corrected chi connectivity index (χ2v) is 4.73. The van der Waals surface area contributed by atoms with Crippen molar-refractivity contribution in [2.75, 3.05) is 19.0 Å². The van der Waals surface area contributed by atoms with E-state index in [2.05, 4.69) is 21.8 Å². The minimum atomic E-state index is 0.614. The Hall–Kier alpha value is -2.17. The summed E-state index contributed by atoms with van der Waals surface area (Å²) in [5.74, 6) is 1.51. The van der Waals surface area contributed by atoms with Crippen LogP contribution in [0, 0.1) is 0 Å². The summed E-state index contributed by atoms with van der Waals surface area (Å²) in [7, 11) is 1.65. The number of anilines is 1. The largest absolute Gasteiger partial charge is 0.493 e. The van der Waals surface area contributed by atoms with Gasteiger partial charge in [-0.15, -0.1) is 0 Å². The van der Waals surface area contributed by atoms with E-state index in [1.807, 2.05) is 37.6 Å². The molecule has 1 N–H and O–H groups in total. The van der Waals surface area contributed by atoms with Crippen molar-refractivity contribution in [1.29, 1.82) is 0 Å². The van der Waals surface area contributed by atoms with Crippen LogP contribution in [0.25, 0.3) is 0 Å². The highest BCUT2D eigenvalue weighted by Gasteiger charge is 2.06. The number of nitrogens with zero attached hydrogens (tertiary/aromatic N) is 2. The Kier molecular flexibility index (Phi) is 5.49. The molecule has 5 nitrogen and oxygen atoms in total. The maximum Gasteiger partial charge on any atom is 0.163 e. The van der Waals surface area contributed by atoms with Crippen molar-refractivity contribution in [2.45, 2.75) is 33.4 Å². The molecule has 2 rings (SSSR count). The van der Waals surface area contributed by atoms with Gasteiger partial charge in [-0.25, -0.2) is 4.98 Å². The normalized spacial score (nSPS) is 10.4. The second-order valence-electron chi connectivity index (χ2n) is 4.73. The lowest BCUT2D eigenvalue weighted by Crippen LogP contribution is -2.07. The average Bonchev–Trinajstić information content (AvgIpc) is 2.93. The number of imidazole rings is 1. The first kappa shape index (κ1) is 15.2. The SMILES string of the molecule is CCCn1cncc1CNc1ccc(OC)c(OCC)c1. The molecule has 1 heterocycles. The van der Waals surface area contributed by atoms with Gasteiger partial charge >= 0.3 is 0 Å². The van der Waals surface area contributed by atoms with Gasteiger partial charge in [0.05, 0.1) is 32.3 Å². The van der Waals surface area contributed by atoms with Crippen LogP contribution in [0.1, 0.15) is 26.0 Å². The van der Waals surface area contributed by atoms with Gasteiger partial charge in [0.25, 0.3) is 0 Å². The summed E-state index contributed by atoms with van der Waals surface area (Å²) in [6.45, 7) is 6.46. The predicted octanol–water partition coefficient (Wildman–Crippen LogP) is 3.31. The Balaban J connectivity index is 2.05. The van der Waals surface area contributed by atoms with Crippen LogP contribution in [0.2, 0.25) is 0 Å². The zero-order valence-electron chi connectivity index (χ0n) is 12.9. The Morgan fingerprint density at radius 1 is 1.24 bits per heavy atom. The minimum Gasteiger partial charge on any atom is -0.493 e. The van der Waals surface area contributed by atoms with E-state index in [1.165, 1.54) is 5.69 Å². The van der Waals surface area contributed by atoms with Crippen LogP contribution < -0.4 is 14.8 Å². The van der Waals surface area contributed by atoms with Gasteiger partial charge in [-0.1, -0.05) is 6.92 Å². The number of rotatable bonds is 8. The summed E-state index contributed by atoms with van der Waals surface area (Å²) in [5, 5.41) is 3.40. The second kappa shape index (κ2) is 7.57. The van der Waals surface area contributed by atoms with Gasteiger partial charge in [0.1, 0.15) is 0 Å². The average molecular weight is 289 g/mol. The first-order valence-electron chi connectivity index (χ1n) is 7.32. The molecule has 1 aromatic heterocycles. The zero-order chi connectivity index (χ0) is 15.1. The van der Waals surface area contributed by atoms with E-state index in [0.717, 1.165) is 36.7 Å². The molecule has 5 heteroatoms. The molecule has 0 unspecified atom stereocenters. The van der Waals surface area contributed by atoms with Crippen LogP contribution in [0.3, 0.4) is 0 Å². The number of hydrogen-bond acceptors (Lipinski definition) is 4. The molecule has 21 heavy (non-hydrogen) atoms. The lowest BCUT2D eigenvalue weighted by atomic mass is 10.2. The number of aromatic nitrogens is 2. The lowest BCUT2D eigenvalue weighted by Gasteiger charge is -2.13. The van der Waals surface area contributed by atoms with E-state index in [1.54, 1.807) is 7.11 Å². The van der Waals surface area contributed by atoms with E-state index < -0.39 is 0 Å². The van der Waals surface area contributed by atoms with E-state index in [0.29, 0.717) is 6.61 Å². The molecule has 0 fully saturated rings. The minimum absolute atomic E-state index is 0.614. The van der Waals surface area contributed by atoms with E-state index in [4.69, 9.17) is 9.47 Å². The molecule has 0 aliphatic heterocycles. The molecule has 0 saturated heterocycles. The number of benzene rings is 1. The summed E-state index contributed by atoms with van der Waals surface area (Å²) < 4.78 is 13.0. The molecule has 0 bridgehead atoms. The number of aryl methyl sites for hydroxylation is 1. The van der Waals surface area contributed by atoms with Crippen molar-refractivity contribution in [1.82, 2.24) is 9.55 Å². The van der Waals surface area contributed by atoms with Crippen molar-refractivity contribution < 1.29 is 9.47 Å². The maximum atomic E-state index is 5.59. The van der Waals surface area contributed by atoms with Gasteiger partial charge in [-0.3, -0.25) is 0 Å². The van der Waals surface area contributed by atoms with Gasteiger partial charge in [0.15, 0.2) is 11.5 Å². The molecule has 114 valence electrons. The number of ether oxygens (including phenoxy) is 2. The van der Waals surface area contributed by atoms with Crippen LogP contribution in [0.5, 0.6) is 11.5 Å². The smallest absolute Gasteiger partial charge is 0.163 e. The van der Waals surface area contributed by atoms with Gasteiger partial charge in [-0.05, 0) is 25.5 Å². The third-order valence-corrected chi connectivity index (χ3v) is 3.20. The van der Waals surface area contributed by atoms with Gasteiger partial charge in [-0.2, -0.15) is 0 Å². The summed E-state index contributed by atoms with van der Waals surface area (Å²) in [6, 6.07) is 5.86. The molecule has 0 amide bonds. The molecule has 2 aromatic rings. The number of nitrogens with one attached hydrogen (secondary N) is 1. The maximum absolute atomic E-state index is 5.59. The fourth-order valence-electron chi connectivity index (χ4n) is 2.19. The summed E-state index contributed by atoms with van der Waals surface area (Å²) in [6.07, 6.45) is 4.87. The summed E-state index contributed by atoms with van der Waals surface area (Å²) >= 11 is 0. The zero-order valence-corrected chi connectivity index (χ0v) is 12.9. The molecule has 0 aliphatic carbocycles. The number of methoxy groups -OCH3 is 1. The van der Waals surface area contributed by atoms with Gasteiger partial charge in [0, 0.05) is 24.5 Å². The van der Waals surface area contributed by atoms with Crippen molar-refractivity contribution in [3.05, 3.63) is 36.4 Å². The fourth-order valence-corrected chi connectivity index (χ4v) is 2.19. The molecular weight excluding hydrogens is 266 g/mol. The van der Waals surface area contributed by atoms with Crippen LogP contribution in [-0.2, 0) is 13.1 Å². The van der Waals surface area contributed by atoms with E-state index >= 15 is 0 Å². The van der Waals surface area contributed by atoms with Crippen molar-refractivity contribution in [2.24, 2.45) is 0 Å². The first-order chi connectivity index (χ1) is 10.3.